The van der Waals surface area contributed by atoms with Gasteiger partial charge in [0.15, 0.2) is 0 Å². The second kappa shape index (κ2) is 7.09. The summed E-state index contributed by atoms with van der Waals surface area (Å²) in [7, 11) is -3.26. The lowest BCUT2D eigenvalue weighted by Crippen LogP contribution is -2.46. The molecule has 1 saturated heterocycles. The molecular weight excluding hydrogens is 324 g/mol. The molecule has 0 bridgehead atoms. The summed E-state index contributed by atoms with van der Waals surface area (Å²) in [6, 6.07) is 2.22. The summed E-state index contributed by atoms with van der Waals surface area (Å²) in [6.45, 7) is 1.03. The number of hydrogen-bond donors (Lipinski definition) is 2. The normalized spacial score (nSPS) is 18.8. The number of hydrogen-bond acceptors (Lipinski definition) is 5. The van der Waals surface area contributed by atoms with Crippen molar-refractivity contribution in [2.24, 2.45) is 5.92 Å². The maximum absolute atomic E-state index is 12.3. The van der Waals surface area contributed by atoms with Crippen molar-refractivity contribution in [2.45, 2.75) is 19.4 Å². The molecule has 1 amide bonds. The van der Waals surface area contributed by atoms with Gasteiger partial charge in [-0.2, -0.15) is 0 Å². The van der Waals surface area contributed by atoms with E-state index in [4.69, 9.17) is 0 Å². The monoisotopic (exact) mass is 344 g/mol. The van der Waals surface area contributed by atoms with Gasteiger partial charge in [-0.05, 0) is 18.8 Å². The van der Waals surface area contributed by atoms with Gasteiger partial charge in [-0.25, -0.2) is 17.8 Å². The average Bonchev–Trinajstić information content (AvgIpc) is 2.48. The third-order valence-electron chi connectivity index (χ3n) is 3.69. The van der Waals surface area contributed by atoms with Gasteiger partial charge in [0.05, 0.1) is 6.26 Å². The summed E-state index contributed by atoms with van der Waals surface area (Å²) >= 11 is 0. The molecule has 2 heterocycles. The second-order valence-electron chi connectivity index (χ2n) is 5.70. The van der Waals surface area contributed by atoms with Crippen molar-refractivity contribution in [1.29, 1.82) is 0 Å². The highest BCUT2D eigenvalue weighted by Crippen LogP contribution is 2.16. The first-order valence-electron chi connectivity index (χ1n) is 7.27. The van der Waals surface area contributed by atoms with Gasteiger partial charge in [0.25, 0.3) is 11.1 Å². The Labute approximate surface area is 133 Å². The van der Waals surface area contributed by atoms with Gasteiger partial charge < -0.3 is 4.90 Å². The van der Waals surface area contributed by atoms with Crippen molar-refractivity contribution >= 4 is 15.9 Å². The Morgan fingerprint density at radius 2 is 2.13 bits per heavy atom. The standard InChI is InChI=1S/C13H20N4O5S/c1-23(21,22)14-7-10-3-2-6-16(8-10)13(20)9-17-12(19)5-4-11(18)15-17/h4-5,10,14H,2-3,6-9H2,1H3,(H,15,18)/t10-/m0/s1. The van der Waals surface area contributed by atoms with Crippen LogP contribution in [0.25, 0.3) is 0 Å². The lowest BCUT2D eigenvalue weighted by atomic mass is 9.98. The van der Waals surface area contributed by atoms with Crippen LogP contribution in [-0.4, -0.2) is 54.9 Å². The van der Waals surface area contributed by atoms with Crippen LogP contribution < -0.4 is 15.8 Å². The molecule has 128 valence electrons. The third kappa shape index (κ3) is 5.32. The van der Waals surface area contributed by atoms with Crippen LogP contribution in [0.3, 0.4) is 0 Å². The van der Waals surface area contributed by atoms with E-state index in [1.54, 1.807) is 4.90 Å². The van der Waals surface area contributed by atoms with E-state index < -0.39 is 21.1 Å². The quantitative estimate of drug-likeness (QED) is 0.661. The number of H-pyrrole nitrogens is 1. The summed E-state index contributed by atoms with van der Waals surface area (Å²) in [5.41, 5.74) is -0.906. The summed E-state index contributed by atoms with van der Waals surface area (Å²) in [4.78, 5) is 36.7. The largest absolute Gasteiger partial charge is 0.341 e. The lowest BCUT2D eigenvalue weighted by Gasteiger charge is -2.32. The Hall–Kier alpha value is -1.94. The Morgan fingerprint density at radius 1 is 1.39 bits per heavy atom. The fraction of sp³-hybridized carbons (Fsp3) is 0.615. The SMILES string of the molecule is CS(=O)(=O)NC[C@@H]1CCCN(C(=O)Cn2[nH]c(=O)ccc2=O)C1. The maximum Gasteiger partial charge on any atom is 0.265 e. The van der Waals surface area contributed by atoms with Crippen LogP contribution in [0.5, 0.6) is 0 Å². The molecule has 23 heavy (non-hydrogen) atoms. The van der Waals surface area contributed by atoms with E-state index in [0.29, 0.717) is 13.1 Å². The van der Waals surface area contributed by atoms with Crippen LogP contribution in [0.4, 0.5) is 0 Å². The highest BCUT2D eigenvalue weighted by Gasteiger charge is 2.24. The minimum Gasteiger partial charge on any atom is -0.341 e. The number of rotatable bonds is 5. The van der Waals surface area contributed by atoms with Crippen LogP contribution in [0.2, 0.25) is 0 Å². The van der Waals surface area contributed by atoms with E-state index in [1.165, 1.54) is 0 Å². The summed E-state index contributed by atoms with van der Waals surface area (Å²) in [5.74, 6) is -0.244. The van der Waals surface area contributed by atoms with E-state index in [1.807, 2.05) is 0 Å². The summed E-state index contributed by atoms with van der Waals surface area (Å²) in [6.07, 6.45) is 2.69. The molecule has 0 spiro atoms. The van der Waals surface area contributed by atoms with Crippen molar-refractivity contribution in [3.05, 3.63) is 32.8 Å². The van der Waals surface area contributed by atoms with E-state index in [2.05, 4.69) is 9.82 Å². The Bertz CT molecular complexity index is 782. The van der Waals surface area contributed by atoms with E-state index in [9.17, 15) is 22.8 Å². The molecule has 0 unspecified atom stereocenters. The third-order valence-corrected chi connectivity index (χ3v) is 4.38. The molecule has 2 N–H and O–H groups in total. The van der Waals surface area contributed by atoms with Crippen LogP contribution >= 0.6 is 0 Å². The van der Waals surface area contributed by atoms with E-state index >= 15 is 0 Å². The predicted octanol–water partition coefficient (Wildman–Crippen LogP) is -1.68. The fourth-order valence-corrected chi connectivity index (χ4v) is 3.08. The molecule has 1 aromatic rings. The first-order chi connectivity index (χ1) is 10.7. The number of piperidine rings is 1. The van der Waals surface area contributed by atoms with Crippen LogP contribution in [-0.2, 0) is 21.4 Å². The number of nitrogens with one attached hydrogen (secondary N) is 2. The fourth-order valence-electron chi connectivity index (χ4n) is 2.54. The molecule has 0 aliphatic carbocycles. The van der Waals surface area contributed by atoms with Gasteiger partial charge >= 0.3 is 0 Å². The lowest BCUT2D eigenvalue weighted by molar-refractivity contribution is -0.133. The summed E-state index contributed by atoms with van der Waals surface area (Å²) in [5, 5.41) is 2.31. The number of carbonyl (C=O) groups excluding carboxylic acids is 1. The number of aromatic amines is 1. The zero-order chi connectivity index (χ0) is 17.0. The van der Waals surface area contributed by atoms with Crippen LogP contribution in [0.15, 0.2) is 21.7 Å². The Kier molecular flexibility index (Phi) is 5.37. The van der Waals surface area contributed by atoms with Gasteiger partial charge in [-0.1, -0.05) is 0 Å². The molecule has 1 aliphatic heterocycles. The second-order valence-corrected chi connectivity index (χ2v) is 7.54. The first kappa shape index (κ1) is 17.4. The van der Waals surface area contributed by atoms with Crippen molar-refractivity contribution in [2.75, 3.05) is 25.9 Å². The first-order valence-corrected chi connectivity index (χ1v) is 9.16. The Balaban J connectivity index is 1.98. The molecule has 1 fully saturated rings. The molecule has 10 heteroatoms. The molecule has 2 rings (SSSR count). The van der Waals surface area contributed by atoms with Gasteiger partial charge in [-0.3, -0.25) is 19.5 Å². The molecule has 9 nitrogen and oxygen atoms in total. The molecule has 0 aromatic carbocycles. The van der Waals surface area contributed by atoms with E-state index in [0.717, 1.165) is 35.9 Å². The minimum atomic E-state index is -3.26. The molecule has 1 atom stereocenters. The van der Waals surface area contributed by atoms with Crippen molar-refractivity contribution in [1.82, 2.24) is 19.4 Å². The van der Waals surface area contributed by atoms with Gasteiger partial charge in [0.1, 0.15) is 6.54 Å². The number of carbonyl (C=O) groups is 1. The van der Waals surface area contributed by atoms with Crippen LogP contribution in [0.1, 0.15) is 12.8 Å². The van der Waals surface area contributed by atoms with Crippen molar-refractivity contribution < 1.29 is 13.2 Å². The molecular formula is C13H20N4O5S. The highest BCUT2D eigenvalue weighted by atomic mass is 32.2. The van der Waals surface area contributed by atoms with Crippen molar-refractivity contribution in [3.63, 3.8) is 0 Å². The van der Waals surface area contributed by atoms with Crippen molar-refractivity contribution in [3.8, 4) is 0 Å². The van der Waals surface area contributed by atoms with Gasteiger partial charge in [0.2, 0.25) is 15.9 Å². The van der Waals surface area contributed by atoms with Crippen LogP contribution in [0, 0.1) is 5.92 Å². The number of aromatic nitrogens is 2. The molecule has 0 saturated carbocycles. The Morgan fingerprint density at radius 3 is 2.83 bits per heavy atom. The molecule has 0 radical (unpaired) electrons. The minimum absolute atomic E-state index is 0.0361. The number of likely N-dealkylation sites (tertiary alicyclic amines) is 1. The van der Waals surface area contributed by atoms with Gasteiger partial charge in [0, 0.05) is 31.8 Å². The molecule has 1 aromatic heterocycles. The zero-order valence-electron chi connectivity index (χ0n) is 12.8. The highest BCUT2D eigenvalue weighted by molar-refractivity contribution is 7.88. The average molecular weight is 344 g/mol. The zero-order valence-corrected chi connectivity index (χ0v) is 13.6. The smallest absolute Gasteiger partial charge is 0.265 e. The number of amides is 1. The predicted molar refractivity (Wildman–Crippen MR) is 83.5 cm³/mol. The van der Waals surface area contributed by atoms with Gasteiger partial charge in [-0.15, -0.1) is 0 Å². The number of sulfonamides is 1. The molecule has 1 aliphatic rings. The number of nitrogens with zero attached hydrogens (tertiary/aromatic N) is 2. The maximum atomic E-state index is 12.3. The van der Waals surface area contributed by atoms with E-state index in [-0.39, 0.29) is 24.9 Å². The summed E-state index contributed by atoms with van der Waals surface area (Å²) < 4.78 is 25.7. The topological polar surface area (TPSA) is 121 Å².